The maximum atomic E-state index is 13.7. The highest BCUT2D eigenvalue weighted by molar-refractivity contribution is 6.32. The summed E-state index contributed by atoms with van der Waals surface area (Å²) in [6.07, 6.45) is 1.51. The molecule has 3 amide bonds. The Bertz CT molecular complexity index is 1160. The van der Waals surface area contributed by atoms with Gasteiger partial charge in [-0.3, -0.25) is 9.69 Å². The van der Waals surface area contributed by atoms with Gasteiger partial charge < -0.3 is 24.7 Å². The first-order valence-corrected chi connectivity index (χ1v) is 12.8. The number of halogens is 1. The third-order valence-corrected chi connectivity index (χ3v) is 7.26. The maximum absolute atomic E-state index is 13.7. The van der Waals surface area contributed by atoms with Crippen molar-refractivity contribution in [3.63, 3.8) is 0 Å². The van der Waals surface area contributed by atoms with Crippen LogP contribution in [0.25, 0.3) is 0 Å². The van der Waals surface area contributed by atoms with Crippen LogP contribution in [0, 0.1) is 5.92 Å². The first-order chi connectivity index (χ1) is 17.6. The average Bonchev–Trinajstić information content (AvgIpc) is 3.04. The number of aromatic hydroxyl groups is 1. The molecule has 2 heterocycles. The van der Waals surface area contributed by atoms with Crippen LogP contribution in [-0.2, 0) is 16.0 Å². The zero-order valence-electron chi connectivity index (χ0n) is 21.0. The lowest BCUT2D eigenvalue weighted by molar-refractivity contribution is -0.139. The molecule has 2 saturated heterocycles. The number of imide groups is 1. The van der Waals surface area contributed by atoms with Gasteiger partial charge in [0.1, 0.15) is 17.0 Å². The number of carboxylic acid groups (broad SMARTS) is 1. The molecule has 0 unspecified atom stereocenters. The minimum absolute atomic E-state index is 0.141. The van der Waals surface area contributed by atoms with Crippen molar-refractivity contribution in [1.29, 1.82) is 0 Å². The number of urea groups is 1. The Kier molecular flexibility index (Phi) is 7.82. The summed E-state index contributed by atoms with van der Waals surface area (Å²) < 4.78 is 5.32. The van der Waals surface area contributed by atoms with E-state index in [1.54, 1.807) is 29.2 Å². The highest BCUT2D eigenvalue weighted by atomic mass is 35.5. The van der Waals surface area contributed by atoms with Crippen molar-refractivity contribution in [1.82, 2.24) is 9.80 Å². The lowest BCUT2D eigenvalue weighted by atomic mass is 9.85. The van der Waals surface area contributed by atoms with Gasteiger partial charge in [0.25, 0.3) is 5.91 Å². The SMILES string of the molecule is CC(C)CN1C(=O)N(CCc2ccc(O)cc2)C2(CCN(c3ccc(Cl)c(OCC(=O)O)c3)CC2)C1=O. The van der Waals surface area contributed by atoms with Crippen molar-refractivity contribution in [2.45, 2.75) is 38.6 Å². The number of phenolic OH excluding ortho intramolecular Hbond substituents is 1. The number of carbonyl (C=O) groups is 3. The molecule has 0 atom stereocenters. The molecule has 10 heteroatoms. The van der Waals surface area contributed by atoms with Crippen LogP contribution < -0.4 is 9.64 Å². The zero-order valence-corrected chi connectivity index (χ0v) is 21.8. The van der Waals surface area contributed by atoms with Gasteiger partial charge in [-0.15, -0.1) is 0 Å². The van der Waals surface area contributed by atoms with Crippen LogP contribution in [0.4, 0.5) is 10.5 Å². The van der Waals surface area contributed by atoms with Crippen molar-refractivity contribution in [3.8, 4) is 11.5 Å². The molecule has 2 aromatic rings. The van der Waals surface area contributed by atoms with E-state index in [1.807, 2.05) is 32.0 Å². The Morgan fingerprint density at radius 2 is 1.78 bits per heavy atom. The lowest BCUT2D eigenvalue weighted by Crippen LogP contribution is -2.57. The van der Waals surface area contributed by atoms with Gasteiger partial charge in [0, 0.05) is 37.9 Å². The van der Waals surface area contributed by atoms with Gasteiger partial charge >= 0.3 is 12.0 Å². The van der Waals surface area contributed by atoms with E-state index in [0.717, 1.165) is 11.3 Å². The molecule has 0 aliphatic carbocycles. The summed E-state index contributed by atoms with van der Waals surface area (Å²) in [5.41, 5.74) is 0.878. The van der Waals surface area contributed by atoms with Gasteiger partial charge in [0.05, 0.1) is 5.02 Å². The summed E-state index contributed by atoms with van der Waals surface area (Å²) in [5.74, 6) is -0.614. The summed E-state index contributed by atoms with van der Waals surface area (Å²) in [6, 6.07) is 11.8. The van der Waals surface area contributed by atoms with E-state index in [1.165, 1.54) is 4.90 Å². The molecule has 2 fully saturated rings. The quantitative estimate of drug-likeness (QED) is 0.472. The molecule has 2 aliphatic heterocycles. The second-order valence-electron chi connectivity index (χ2n) is 9.98. The number of phenols is 1. The Morgan fingerprint density at radius 1 is 1.11 bits per heavy atom. The molecule has 2 aliphatic rings. The molecule has 2 N–H and O–H groups in total. The number of ether oxygens (including phenoxy) is 1. The predicted molar refractivity (Wildman–Crippen MR) is 139 cm³/mol. The standard InChI is InChI=1S/C27H32ClN3O6/c1-18(2)16-30-25(35)27(31(26(30)36)12-9-19-3-6-21(32)7-4-19)10-13-29(14-11-27)20-5-8-22(28)23(15-20)37-17-24(33)34/h3-8,15,18,32H,9-14,16-17H2,1-2H3,(H,33,34). The molecule has 0 bridgehead atoms. The third-order valence-electron chi connectivity index (χ3n) is 6.95. The molecular formula is C27H32ClN3O6. The van der Waals surface area contributed by atoms with Crippen LogP contribution in [0.15, 0.2) is 42.5 Å². The van der Waals surface area contributed by atoms with Gasteiger partial charge in [-0.1, -0.05) is 37.6 Å². The molecule has 198 valence electrons. The van der Waals surface area contributed by atoms with E-state index < -0.39 is 18.1 Å². The van der Waals surface area contributed by atoms with Gasteiger partial charge in [-0.25, -0.2) is 9.59 Å². The average molecular weight is 530 g/mol. The van der Waals surface area contributed by atoms with Crippen LogP contribution in [0.5, 0.6) is 11.5 Å². The van der Waals surface area contributed by atoms with Crippen molar-refractivity contribution in [2.24, 2.45) is 5.92 Å². The largest absolute Gasteiger partial charge is 0.508 e. The first-order valence-electron chi connectivity index (χ1n) is 12.4. The molecule has 9 nitrogen and oxygen atoms in total. The number of rotatable bonds is 9. The molecule has 37 heavy (non-hydrogen) atoms. The van der Waals surface area contributed by atoms with Crippen molar-refractivity contribution >= 4 is 35.2 Å². The van der Waals surface area contributed by atoms with Crippen LogP contribution in [0.1, 0.15) is 32.3 Å². The molecule has 0 saturated carbocycles. The van der Waals surface area contributed by atoms with Gasteiger partial charge in [-0.2, -0.15) is 0 Å². The van der Waals surface area contributed by atoms with E-state index >= 15 is 0 Å². The summed E-state index contributed by atoms with van der Waals surface area (Å²) in [4.78, 5) is 43.3. The van der Waals surface area contributed by atoms with Crippen molar-refractivity contribution in [2.75, 3.05) is 37.7 Å². The second kappa shape index (κ2) is 10.9. The van der Waals surface area contributed by atoms with Gasteiger partial charge in [-0.05, 0) is 55.0 Å². The second-order valence-corrected chi connectivity index (χ2v) is 10.4. The maximum Gasteiger partial charge on any atom is 0.341 e. The van der Waals surface area contributed by atoms with Crippen LogP contribution >= 0.6 is 11.6 Å². The van der Waals surface area contributed by atoms with E-state index in [0.29, 0.717) is 50.5 Å². The summed E-state index contributed by atoms with van der Waals surface area (Å²) in [6.45, 7) is 5.32. The number of amides is 3. The number of benzene rings is 2. The fourth-order valence-corrected chi connectivity index (χ4v) is 5.25. The highest BCUT2D eigenvalue weighted by Gasteiger charge is 2.57. The van der Waals surface area contributed by atoms with Crippen LogP contribution in [0.2, 0.25) is 5.02 Å². The fourth-order valence-electron chi connectivity index (χ4n) is 5.08. The Labute approximate surface area is 221 Å². The predicted octanol–water partition coefficient (Wildman–Crippen LogP) is 4.01. The Hall–Kier alpha value is -3.46. The molecular weight excluding hydrogens is 498 g/mol. The van der Waals surface area contributed by atoms with Gasteiger partial charge in [0.2, 0.25) is 0 Å². The van der Waals surface area contributed by atoms with E-state index in [-0.39, 0.29) is 29.4 Å². The Balaban J connectivity index is 1.53. The zero-order chi connectivity index (χ0) is 26.7. The highest BCUT2D eigenvalue weighted by Crippen LogP contribution is 2.40. The molecule has 1 spiro atoms. The number of carboxylic acids is 1. The fraction of sp³-hybridized carbons (Fsp3) is 0.444. The lowest BCUT2D eigenvalue weighted by Gasteiger charge is -2.43. The topological polar surface area (TPSA) is 111 Å². The summed E-state index contributed by atoms with van der Waals surface area (Å²) in [5, 5.41) is 18.8. The number of aliphatic carboxylic acids is 1. The molecule has 0 aromatic heterocycles. The van der Waals surface area contributed by atoms with E-state index in [4.69, 9.17) is 21.4 Å². The number of carbonyl (C=O) groups excluding carboxylic acids is 2. The molecule has 4 rings (SSSR count). The summed E-state index contributed by atoms with van der Waals surface area (Å²) in [7, 11) is 0. The van der Waals surface area contributed by atoms with Crippen LogP contribution in [-0.4, -0.2) is 76.2 Å². The number of anilines is 1. The molecule has 2 aromatic carbocycles. The number of hydrogen-bond donors (Lipinski definition) is 2. The monoisotopic (exact) mass is 529 g/mol. The van der Waals surface area contributed by atoms with Crippen molar-refractivity contribution in [3.05, 3.63) is 53.1 Å². The number of hydrogen-bond acceptors (Lipinski definition) is 6. The van der Waals surface area contributed by atoms with E-state index in [9.17, 15) is 19.5 Å². The number of nitrogens with zero attached hydrogens (tertiary/aromatic N) is 3. The van der Waals surface area contributed by atoms with Gasteiger partial charge in [0.15, 0.2) is 6.61 Å². The van der Waals surface area contributed by atoms with Crippen LogP contribution in [0.3, 0.4) is 0 Å². The minimum atomic E-state index is -1.09. The smallest absolute Gasteiger partial charge is 0.341 e. The molecule has 0 radical (unpaired) electrons. The first kappa shape index (κ1) is 26.6. The summed E-state index contributed by atoms with van der Waals surface area (Å²) >= 11 is 6.18. The minimum Gasteiger partial charge on any atom is -0.508 e. The van der Waals surface area contributed by atoms with Crippen molar-refractivity contribution < 1.29 is 29.3 Å². The number of piperidine rings is 1. The Morgan fingerprint density at radius 3 is 2.41 bits per heavy atom. The van der Waals surface area contributed by atoms with E-state index in [2.05, 4.69) is 4.90 Å². The normalized spacial score (nSPS) is 17.2. The third kappa shape index (κ3) is 5.61.